The van der Waals surface area contributed by atoms with Gasteiger partial charge in [0.15, 0.2) is 23.0 Å². The molecule has 4 aromatic carbocycles. The van der Waals surface area contributed by atoms with Gasteiger partial charge in [0.05, 0.1) is 41.9 Å². The molecular formula is C45H44ClN7O8. The Labute approximate surface area is 355 Å². The van der Waals surface area contributed by atoms with Crippen molar-refractivity contribution in [3.05, 3.63) is 96.8 Å². The summed E-state index contributed by atoms with van der Waals surface area (Å²) in [7, 11) is 3.21. The number of alkyl halides is 1. The van der Waals surface area contributed by atoms with Gasteiger partial charge in [-0.25, -0.2) is 19.9 Å². The van der Waals surface area contributed by atoms with E-state index in [0.29, 0.717) is 77.7 Å². The minimum absolute atomic E-state index is 0.173. The number of hydrogen-bond donors (Lipinski definition) is 2. The predicted molar refractivity (Wildman–Crippen MR) is 231 cm³/mol. The van der Waals surface area contributed by atoms with Crippen LogP contribution < -0.4 is 28.4 Å². The number of halogens is 1. The maximum Gasteiger partial charge on any atom is 0.230 e. The second-order valence-corrected chi connectivity index (χ2v) is 15.0. The van der Waals surface area contributed by atoms with E-state index in [1.165, 1.54) is 12.7 Å². The Morgan fingerprint density at radius 2 is 1.15 bits per heavy atom. The van der Waals surface area contributed by atoms with Crippen molar-refractivity contribution in [1.29, 1.82) is 0 Å². The first-order valence-electron chi connectivity index (χ1n) is 19.8. The number of aryl methyl sites for hydroxylation is 2. The van der Waals surface area contributed by atoms with Gasteiger partial charge < -0.3 is 47.9 Å². The van der Waals surface area contributed by atoms with Crippen molar-refractivity contribution < 1.29 is 37.9 Å². The quantitative estimate of drug-likeness (QED) is 0.107. The lowest BCUT2D eigenvalue weighted by molar-refractivity contribution is 0.0140. The van der Waals surface area contributed by atoms with Crippen LogP contribution in [0.2, 0.25) is 0 Å². The summed E-state index contributed by atoms with van der Waals surface area (Å²) in [5, 5.41) is 3.71. The molecular weight excluding hydrogens is 802 g/mol. The van der Waals surface area contributed by atoms with Gasteiger partial charge in [-0.3, -0.25) is 4.90 Å². The number of benzene rings is 4. The molecule has 8 aromatic rings. The fourth-order valence-corrected chi connectivity index (χ4v) is 7.66. The number of ether oxygens (including phenoxy) is 8. The Hall–Kier alpha value is -6.39. The molecule has 10 rings (SSSR count). The molecule has 0 bridgehead atoms. The van der Waals surface area contributed by atoms with Gasteiger partial charge in [0.1, 0.15) is 56.4 Å². The van der Waals surface area contributed by atoms with Crippen molar-refractivity contribution in [2.75, 3.05) is 59.7 Å². The van der Waals surface area contributed by atoms with Crippen LogP contribution in [-0.2, 0) is 9.47 Å². The van der Waals surface area contributed by atoms with Gasteiger partial charge in [-0.2, -0.15) is 0 Å². The van der Waals surface area contributed by atoms with Crippen LogP contribution in [0.15, 0.2) is 85.7 Å². The van der Waals surface area contributed by atoms with Crippen LogP contribution in [0, 0.1) is 13.8 Å². The molecule has 0 amide bonds. The molecule has 0 radical (unpaired) electrons. The highest BCUT2D eigenvalue weighted by Crippen LogP contribution is 2.38. The third kappa shape index (κ3) is 8.50. The number of nitrogens with one attached hydrogen (secondary N) is 2. The molecule has 4 aromatic heterocycles. The van der Waals surface area contributed by atoms with E-state index in [-0.39, 0.29) is 12.2 Å². The molecule has 314 valence electrons. The monoisotopic (exact) mass is 845 g/mol. The smallest absolute Gasteiger partial charge is 0.230 e. The zero-order chi connectivity index (χ0) is 41.9. The first kappa shape index (κ1) is 40.0. The highest BCUT2D eigenvalue weighted by atomic mass is 35.5. The lowest BCUT2D eigenvalue weighted by atomic mass is 10.2. The van der Waals surface area contributed by atoms with Crippen molar-refractivity contribution in [3.63, 3.8) is 0 Å². The van der Waals surface area contributed by atoms with E-state index in [4.69, 9.17) is 49.5 Å². The van der Waals surface area contributed by atoms with E-state index in [1.54, 1.807) is 20.3 Å². The van der Waals surface area contributed by atoms with Crippen molar-refractivity contribution in [2.24, 2.45) is 0 Å². The number of aromatic amines is 2. The second kappa shape index (κ2) is 17.7. The number of methoxy groups -OCH3 is 2. The molecule has 0 spiro atoms. The summed E-state index contributed by atoms with van der Waals surface area (Å²) < 4.78 is 46.1. The van der Waals surface area contributed by atoms with E-state index in [9.17, 15) is 0 Å². The Balaban J connectivity index is 0.000000161. The molecule has 2 fully saturated rings. The summed E-state index contributed by atoms with van der Waals surface area (Å²) >= 11 is 5.71. The average molecular weight is 846 g/mol. The highest BCUT2D eigenvalue weighted by molar-refractivity contribution is 6.18. The summed E-state index contributed by atoms with van der Waals surface area (Å²) in [5.74, 6) is 5.11. The SMILES string of the molecule is COc1cc2c(Oc3ccc4[nH]cc(C)c4c3)ncnc2cc1OCCCl.COc1cc2c(Oc3ccc4[nH]cc(C)c4c3)ncnc2cc1OCCN1CC2OCOC2C1. The molecule has 2 aliphatic heterocycles. The number of nitrogens with zero attached hydrogens (tertiary/aromatic N) is 5. The molecule has 15 nitrogen and oxygen atoms in total. The van der Waals surface area contributed by atoms with Crippen LogP contribution in [0.5, 0.6) is 46.3 Å². The molecule has 2 unspecified atom stereocenters. The summed E-state index contributed by atoms with van der Waals surface area (Å²) in [4.78, 5) is 26.2. The van der Waals surface area contributed by atoms with E-state index in [1.807, 2.05) is 67.0 Å². The van der Waals surface area contributed by atoms with Crippen LogP contribution in [0.3, 0.4) is 0 Å². The van der Waals surface area contributed by atoms with Crippen LogP contribution in [0.25, 0.3) is 43.6 Å². The van der Waals surface area contributed by atoms with Gasteiger partial charge in [-0.15, -0.1) is 11.6 Å². The van der Waals surface area contributed by atoms with Crippen LogP contribution in [0.4, 0.5) is 0 Å². The highest BCUT2D eigenvalue weighted by Gasteiger charge is 2.38. The summed E-state index contributed by atoms with van der Waals surface area (Å²) in [6, 6.07) is 19.2. The van der Waals surface area contributed by atoms with Gasteiger partial charge in [-0.1, -0.05) is 0 Å². The third-order valence-electron chi connectivity index (χ3n) is 10.8. The third-order valence-corrected chi connectivity index (χ3v) is 10.9. The summed E-state index contributed by atoms with van der Waals surface area (Å²) in [6.45, 7) is 7.93. The molecule has 0 aliphatic carbocycles. The summed E-state index contributed by atoms with van der Waals surface area (Å²) in [5.41, 5.74) is 5.87. The Bertz CT molecular complexity index is 2820. The molecule has 16 heteroatoms. The summed E-state index contributed by atoms with van der Waals surface area (Å²) in [6.07, 6.45) is 7.27. The van der Waals surface area contributed by atoms with Crippen LogP contribution >= 0.6 is 11.6 Å². The van der Waals surface area contributed by atoms with Crippen molar-refractivity contribution in [1.82, 2.24) is 34.8 Å². The normalized spacial score (nSPS) is 16.1. The Kier molecular flexibility index (Phi) is 11.6. The zero-order valence-electron chi connectivity index (χ0n) is 34.1. The lowest BCUT2D eigenvalue weighted by Gasteiger charge is -2.18. The average Bonchev–Trinajstić information content (AvgIpc) is 4.07. The first-order valence-corrected chi connectivity index (χ1v) is 20.3. The largest absolute Gasteiger partial charge is 0.493 e. The van der Waals surface area contributed by atoms with E-state index in [2.05, 4.69) is 48.7 Å². The maximum absolute atomic E-state index is 6.16. The fourth-order valence-electron chi connectivity index (χ4n) is 7.59. The van der Waals surface area contributed by atoms with Crippen molar-refractivity contribution >= 4 is 55.2 Å². The standard InChI is InChI=1S/C25H26N4O5.C20H18ClN3O3/c1-15-10-26-19-4-3-16(7-17(15)19)34-25-18-8-21(30-2)22(9-20(18)27-13-28-25)31-6-5-29-11-23-24(12-29)33-14-32-23;1-12-10-22-16-4-3-13(7-14(12)16)27-20-15-8-18(25-2)19(26-6-5-21)9-17(15)23-11-24-20/h3-4,7-10,13,23-24,26H,5-6,11-12,14H2,1-2H3;3-4,7-11,22H,5-6H2,1-2H3. The lowest BCUT2D eigenvalue weighted by Crippen LogP contribution is -2.28. The Morgan fingerprint density at radius 3 is 1.64 bits per heavy atom. The molecule has 2 atom stereocenters. The minimum Gasteiger partial charge on any atom is -0.493 e. The van der Waals surface area contributed by atoms with Crippen LogP contribution in [0.1, 0.15) is 11.1 Å². The Morgan fingerprint density at radius 1 is 0.639 bits per heavy atom. The number of aromatic nitrogens is 6. The molecule has 2 aliphatic rings. The van der Waals surface area contributed by atoms with E-state index < -0.39 is 0 Å². The first-order chi connectivity index (χ1) is 29.9. The molecule has 0 saturated carbocycles. The number of H-pyrrole nitrogens is 2. The molecule has 6 heterocycles. The van der Waals surface area contributed by atoms with Crippen molar-refractivity contribution in [2.45, 2.75) is 26.1 Å². The number of fused-ring (bicyclic) bond motifs is 5. The van der Waals surface area contributed by atoms with Crippen LogP contribution in [-0.4, -0.2) is 107 Å². The maximum atomic E-state index is 6.16. The molecule has 61 heavy (non-hydrogen) atoms. The van der Waals surface area contributed by atoms with E-state index in [0.717, 1.165) is 68.9 Å². The zero-order valence-corrected chi connectivity index (χ0v) is 34.8. The number of hydrogen-bond acceptors (Lipinski definition) is 13. The fraction of sp³-hybridized carbons (Fsp3) is 0.289. The number of rotatable bonds is 13. The van der Waals surface area contributed by atoms with Gasteiger partial charge in [0.25, 0.3) is 0 Å². The molecule has 2 N–H and O–H groups in total. The van der Waals surface area contributed by atoms with E-state index >= 15 is 0 Å². The topological polar surface area (TPSA) is 160 Å². The van der Waals surface area contributed by atoms with Gasteiger partial charge in [-0.05, 0) is 73.5 Å². The molecule has 2 saturated heterocycles. The number of likely N-dealkylation sites (tertiary alicyclic amines) is 1. The minimum atomic E-state index is 0.173. The predicted octanol–water partition coefficient (Wildman–Crippen LogP) is 8.49. The van der Waals surface area contributed by atoms with Crippen molar-refractivity contribution in [3.8, 4) is 46.3 Å². The van der Waals surface area contributed by atoms with Gasteiger partial charge in [0, 0.05) is 66.0 Å². The van der Waals surface area contributed by atoms with Gasteiger partial charge in [0.2, 0.25) is 11.8 Å². The second-order valence-electron chi connectivity index (χ2n) is 14.6. The van der Waals surface area contributed by atoms with Gasteiger partial charge >= 0.3 is 0 Å².